The molecule has 190 valence electrons. The number of para-hydroxylation sites is 1. The van der Waals surface area contributed by atoms with E-state index in [-0.39, 0.29) is 24.2 Å². The normalized spacial score (nSPS) is 14.2. The van der Waals surface area contributed by atoms with Gasteiger partial charge in [-0.1, -0.05) is 42.5 Å². The third-order valence-electron chi connectivity index (χ3n) is 6.62. The van der Waals surface area contributed by atoms with Gasteiger partial charge in [-0.3, -0.25) is 9.10 Å². The summed E-state index contributed by atoms with van der Waals surface area (Å²) in [6.07, 6.45) is 4.63. The molecule has 3 aromatic rings. The molecule has 0 heterocycles. The highest BCUT2D eigenvalue weighted by Gasteiger charge is 2.27. The Morgan fingerprint density at radius 2 is 1.64 bits per heavy atom. The predicted molar refractivity (Wildman–Crippen MR) is 141 cm³/mol. The molecule has 6 nitrogen and oxygen atoms in total. The summed E-state index contributed by atoms with van der Waals surface area (Å²) in [5.74, 6) is -0.839. The van der Waals surface area contributed by atoms with E-state index in [4.69, 9.17) is 0 Å². The molecule has 0 saturated heterocycles. The molecule has 1 N–H and O–H groups in total. The zero-order chi connectivity index (χ0) is 25.9. The lowest BCUT2D eigenvalue weighted by Crippen LogP contribution is -2.40. The summed E-state index contributed by atoms with van der Waals surface area (Å²) >= 11 is 0. The van der Waals surface area contributed by atoms with Gasteiger partial charge in [0, 0.05) is 19.7 Å². The van der Waals surface area contributed by atoms with Crippen LogP contribution in [0.3, 0.4) is 0 Å². The first-order chi connectivity index (χ1) is 17.2. The molecular formula is C28H32FN3O3S. The number of benzene rings is 3. The van der Waals surface area contributed by atoms with Crippen LogP contribution in [0.5, 0.6) is 0 Å². The molecule has 1 amide bonds. The summed E-state index contributed by atoms with van der Waals surface area (Å²) in [6, 6.07) is 18.8. The molecule has 0 radical (unpaired) electrons. The van der Waals surface area contributed by atoms with Crippen LogP contribution in [-0.2, 0) is 29.6 Å². The zero-order valence-electron chi connectivity index (χ0n) is 20.9. The van der Waals surface area contributed by atoms with Crippen LogP contribution in [0, 0.1) is 5.82 Å². The van der Waals surface area contributed by atoms with Crippen LogP contribution >= 0.6 is 0 Å². The maximum absolute atomic E-state index is 14.5. The second-order valence-electron chi connectivity index (χ2n) is 9.38. The van der Waals surface area contributed by atoms with Crippen LogP contribution in [0.25, 0.3) is 0 Å². The predicted octanol–water partition coefficient (Wildman–Crippen LogP) is 5.01. The van der Waals surface area contributed by atoms with Gasteiger partial charge >= 0.3 is 10.2 Å². The van der Waals surface area contributed by atoms with Crippen LogP contribution in [0.1, 0.15) is 58.4 Å². The molecule has 1 atom stereocenters. The van der Waals surface area contributed by atoms with E-state index in [0.717, 1.165) is 27.0 Å². The average molecular weight is 510 g/mol. The van der Waals surface area contributed by atoms with Crippen molar-refractivity contribution in [3.63, 3.8) is 0 Å². The molecule has 0 bridgehead atoms. The minimum Gasteiger partial charge on any atom is -0.346 e. The van der Waals surface area contributed by atoms with Crippen molar-refractivity contribution < 1.29 is 17.6 Å². The highest BCUT2D eigenvalue weighted by Crippen LogP contribution is 2.27. The highest BCUT2D eigenvalue weighted by molar-refractivity contribution is 7.90. The van der Waals surface area contributed by atoms with Crippen molar-refractivity contribution in [1.82, 2.24) is 9.62 Å². The lowest BCUT2D eigenvalue weighted by molar-refractivity contribution is 0.0940. The molecule has 0 aromatic heterocycles. The first-order valence-electron chi connectivity index (χ1n) is 12.1. The first kappa shape index (κ1) is 25.9. The zero-order valence-corrected chi connectivity index (χ0v) is 21.7. The number of amides is 1. The summed E-state index contributed by atoms with van der Waals surface area (Å²) in [5.41, 5.74) is 4.91. The molecule has 4 rings (SSSR count). The molecule has 3 aromatic carbocycles. The number of anilines is 1. The van der Waals surface area contributed by atoms with E-state index in [0.29, 0.717) is 11.1 Å². The lowest BCUT2D eigenvalue weighted by atomic mass is 9.89. The monoisotopic (exact) mass is 509 g/mol. The van der Waals surface area contributed by atoms with Crippen LogP contribution < -0.4 is 9.62 Å². The van der Waals surface area contributed by atoms with E-state index < -0.39 is 16.0 Å². The Morgan fingerprint density at radius 1 is 0.972 bits per heavy atom. The molecule has 0 fully saturated rings. The maximum Gasteiger partial charge on any atom is 0.303 e. The third kappa shape index (κ3) is 5.60. The molecule has 1 aliphatic carbocycles. The van der Waals surface area contributed by atoms with Crippen LogP contribution in [0.2, 0.25) is 0 Å². The van der Waals surface area contributed by atoms with Gasteiger partial charge in [-0.2, -0.15) is 12.7 Å². The van der Waals surface area contributed by atoms with Gasteiger partial charge in [0.1, 0.15) is 5.82 Å². The number of nitrogens with zero attached hydrogens (tertiary/aromatic N) is 2. The summed E-state index contributed by atoms with van der Waals surface area (Å²) in [7, 11) is -1.14. The standard InChI is InChI=1S/C28H32FN3O3S/c1-20(24-17-16-22-8-4-5-9-25(22)18-24)30-28(33)23-14-12-21(13-15-23)19-32(36(34,35)31(2)3)27-11-7-6-10-26(27)29/h6-7,10-18,20H,4-5,8-9,19H2,1-3H3,(H,30,33)/t20-/m0/s1. The minimum absolute atomic E-state index is 0.0353. The van der Waals surface area contributed by atoms with Gasteiger partial charge < -0.3 is 5.32 Å². The van der Waals surface area contributed by atoms with E-state index >= 15 is 0 Å². The van der Waals surface area contributed by atoms with Gasteiger partial charge in [0.2, 0.25) is 0 Å². The van der Waals surface area contributed by atoms with E-state index in [9.17, 15) is 17.6 Å². The largest absolute Gasteiger partial charge is 0.346 e. The van der Waals surface area contributed by atoms with Crippen molar-refractivity contribution in [3.05, 3.63) is 100 Å². The number of rotatable bonds is 8. The highest BCUT2D eigenvalue weighted by atomic mass is 32.2. The molecule has 36 heavy (non-hydrogen) atoms. The summed E-state index contributed by atoms with van der Waals surface area (Å²) in [5, 5.41) is 3.05. The Hall–Kier alpha value is -3.23. The Kier molecular flexibility index (Phi) is 7.76. The van der Waals surface area contributed by atoms with Crippen molar-refractivity contribution in [3.8, 4) is 0 Å². The number of aryl methyl sites for hydroxylation is 2. The van der Waals surface area contributed by atoms with Crippen LogP contribution in [0.15, 0.2) is 66.7 Å². The Labute approximate surface area is 212 Å². The molecule has 8 heteroatoms. The van der Waals surface area contributed by atoms with E-state index in [1.165, 1.54) is 56.3 Å². The number of hydrogen-bond acceptors (Lipinski definition) is 3. The van der Waals surface area contributed by atoms with E-state index in [1.807, 2.05) is 6.92 Å². The third-order valence-corrected chi connectivity index (χ3v) is 8.43. The molecule has 0 unspecified atom stereocenters. The Morgan fingerprint density at radius 3 is 2.31 bits per heavy atom. The van der Waals surface area contributed by atoms with Crippen LogP contribution in [0.4, 0.5) is 10.1 Å². The molecule has 0 spiro atoms. The Bertz CT molecular complexity index is 1340. The summed E-state index contributed by atoms with van der Waals surface area (Å²) in [4.78, 5) is 12.9. The number of nitrogens with one attached hydrogen (secondary N) is 1. The van der Waals surface area contributed by atoms with E-state index in [1.54, 1.807) is 30.3 Å². The van der Waals surface area contributed by atoms with Gasteiger partial charge in [0.05, 0.1) is 18.3 Å². The van der Waals surface area contributed by atoms with E-state index in [2.05, 4.69) is 23.5 Å². The van der Waals surface area contributed by atoms with Crippen molar-refractivity contribution in [2.75, 3.05) is 18.4 Å². The van der Waals surface area contributed by atoms with Gasteiger partial charge in [-0.25, -0.2) is 4.39 Å². The fraction of sp³-hybridized carbons (Fsp3) is 0.321. The number of halogens is 1. The molecule has 0 saturated carbocycles. The van der Waals surface area contributed by atoms with Gasteiger partial charge in [0.25, 0.3) is 5.91 Å². The second kappa shape index (κ2) is 10.8. The van der Waals surface area contributed by atoms with Gasteiger partial charge in [-0.05, 0) is 79.1 Å². The quantitative estimate of drug-likeness (QED) is 0.464. The lowest BCUT2D eigenvalue weighted by Gasteiger charge is -2.27. The van der Waals surface area contributed by atoms with Gasteiger partial charge in [-0.15, -0.1) is 0 Å². The molecular weight excluding hydrogens is 477 g/mol. The van der Waals surface area contributed by atoms with Crippen molar-refractivity contribution in [1.29, 1.82) is 0 Å². The maximum atomic E-state index is 14.5. The second-order valence-corrected chi connectivity index (χ2v) is 11.4. The number of carbonyl (C=O) groups excluding carboxylic acids is 1. The fourth-order valence-electron chi connectivity index (χ4n) is 4.46. The first-order valence-corrected chi connectivity index (χ1v) is 13.5. The van der Waals surface area contributed by atoms with Crippen LogP contribution in [-0.4, -0.2) is 32.7 Å². The topological polar surface area (TPSA) is 69.7 Å². The fourth-order valence-corrected chi connectivity index (χ4v) is 5.56. The van der Waals surface area contributed by atoms with Crippen molar-refractivity contribution in [2.24, 2.45) is 0 Å². The Balaban J connectivity index is 1.48. The van der Waals surface area contributed by atoms with Crippen molar-refractivity contribution >= 4 is 21.8 Å². The average Bonchev–Trinajstić information content (AvgIpc) is 2.87. The molecule has 1 aliphatic rings. The summed E-state index contributed by atoms with van der Waals surface area (Å²) in [6.45, 7) is 1.89. The summed E-state index contributed by atoms with van der Waals surface area (Å²) < 4.78 is 42.4. The minimum atomic E-state index is -3.95. The number of hydrogen-bond donors (Lipinski definition) is 1. The van der Waals surface area contributed by atoms with Gasteiger partial charge in [0.15, 0.2) is 0 Å². The number of fused-ring (bicyclic) bond motifs is 1. The smallest absolute Gasteiger partial charge is 0.303 e. The molecule has 0 aliphatic heterocycles. The number of carbonyl (C=O) groups is 1. The van der Waals surface area contributed by atoms with Crippen molar-refractivity contribution in [2.45, 2.75) is 45.2 Å². The SMILES string of the molecule is C[C@H](NC(=O)c1ccc(CN(c2ccccc2F)S(=O)(=O)N(C)C)cc1)c1ccc2c(c1)CCCC2.